The molecule has 7 heteroatoms. The van der Waals surface area contributed by atoms with Crippen LogP contribution in [0.3, 0.4) is 0 Å². The van der Waals surface area contributed by atoms with E-state index in [9.17, 15) is 9.59 Å². The minimum Gasteiger partial charge on any atom is -0.339 e. The van der Waals surface area contributed by atoms with Crippen LogP contribution in [0.1, 0.15) is 34.1 Å². The van der Waals surface area contributed by atoms with Crippen LogP contribution in [-0.4, -0.2) is 33.4 Å². The number of nitrogens with zero attached hydrogens (tertiary/aromatic N) is 3. The highest BCUT2D eigenvalue weighted by Crippen LogP contribution is 2.35. The Balaban J connectivity index is 1.38. The maximum Gasteiger partial charge on any atom is 0.254 e. The highest BCUT2D eigenvalue weighted by Gasteiger charge is 2.27. The van der Waals surface area contributed by atoms with Crippen LogP contribution in [0.25, 0.3) is 21.1 Å². The molecule has 0 unspecified atom stereocenters. The predicted molar refractivity (Wildman–Crippen MR) is 122 cm³/mol. The topological polar surface area (TPSA) is 55.2 Å². The van der Waals surface area contributed by atoms with Gasteiger partial charge in [-0.1, -0.05) is 29.8 Å². The van der Waals surface area contributed by atoms with Gasteiger partial charge in [-0.2, -0.15) is 0 Å². The van der Waals surface area contributed by atoms with Gasteiger partial charge in [0, 0.05) is 42.5 Å². The minimum atomic E-state index is -0.167. The second-order valence-electron chi connectivity index (χ2n) is 7.70. The van der Waals surface area contributed by atoms with Gasteiger partial charge in [0.1, 0.15) is 0 Å². The third-order valence-corrected chi connectivity index (χ3v) is 7.32. The second kappa shape index (κ2) is 7.52. The number of benzene rings is 2. The molecule has 1 aliphatic rings. The van der Waals surface area contributed by atoms with Crippen molar-refractivity contribution < 1.29 is 4.79 Å². The van der Waals surface area contributed by atoms with E-state index < -0.39 is 0 Å². The Morgan fingerprint density at radius 2 is 1.90 bits per heavy atom. The lowest BCUT2D eigenvalue weighted by molar-refractivity contribution is 0.0714. The Labute approximate surface area is 182 Å². The van der Waals surface area contributed by atoms with Crippen LogP contribution in [0, 0.1) is 0 Å². The van der Waals surface area contributed by atoms with Crippen molar-refractivity contribution in [2.75, 3.05) is 13.1 Å². The van der Waals surface area contributed by atoms with E-state index in [4.69, 9.17) is 16.6 Å². The quantitative estimate of drug-likeness (QED) is 0.451. The summed E-state index contributed by atoms with van der Waals surface area (Å²) < 4.78 is 2.72. The van der Waals surface area contributed by atoms with Gasteiger partial charge >= 0.3 is 0 Å². The minimum absolute atomic E-state index is 0.0709. The molecule has 0 atom stereocenters. The third kappa shape index (κ3) is 3.30. The average molecular weight is 438 g/mol. The zero-order valence-electron chi connectivity index (χ0n) is 16.5. The van der Waals surface area contributed by atoms with Crippen molar-refractivity contribution in [1.82, 2.24) is 14.5 Å². The highest BCUT2D eigenvalue weighted by atomic mass is 35.5. The first-order valence-electron chi connectivity index (χ1n) is 9.95. The van der Waals surface area contributed by atoms with E-state index in [1.165, 1.54) is 6.07 Å². The number of carbonyl (C=O) groups is 1. The summed E-state index contributed by atoms with van der Waals surface area (Å²) in [5, 5.41) is 2.62. The first kappa shape index (κ1) is 19.3. The molecule has 1 amide bonds. The van der Waals surface area contributed by atoms with E-state index in [-0.39, 0.29) is 11.5 Å². The normalized spacial score (nSPS) is 15.2. The molecule has 30 heavy (non-hydrogen) atoms. The van der Waals surface area contributed by atoms with Crippen LogP contribution in [0.15, 0.2) is 53.3 Å². The number of thiazole rings is 1. The van der Waals surface area contributed by atoms with E-state index in [1.807, 2.05) is 47.4 Å². The van der Waals surface area contributed by atoms with Crippen LogP contribution in [0.2, 0.25) is 5.02 Å². The highest BCUT2D eigenvalue weighted by molar-refractivity contribution is 7.18. The Kier molecular flexibility index (Phi) is 4.83. The van der Waals surface area contributed by atoms with Crippen LogP contribution in [0.5, 0.6) is 0 Å². The largest absolute Gasteiger partial charge is 0.339 e. The number of aromatic nitrogens is 2. The molecule has 152 valence electrons. The van der Waals surface area contributed by atoms with Gasteiger partial charge in [0.05, 0.1) is 26.3 Å². The van der Waals surface area contributed by atoms with E-state index in [0.717, 1.165) is 39.0 Å². The molecule has 0 saturated carbocycles. The lowest BCUT2D eigenvalue weighted by Gasteiger charge is -2.31. The number of amides is 1. The Hall–Kier alpha value is -2.70. The van der Waals surface area contributed by atoms with E-state index in [2.05, 4.69) is 0 Å². The molecule has 0 N–H and O–H groups in total. The van der Waals surface area contributed by atoms with Crippen LogP contribution < -0.4 is 5.56 Å². The third-order valence-electron chi connectivity index (χ3n) is 5.88. The summed E-state index contributed by atoms with van der Waals surface area (Å²) in [5.74, 6) is 0.268. The predicted octanol–water partition coefficient (Wildman–Crippen LogP) is 4.82. The number of rotatable bonds is 2. The summed E-state index contributed by atoms with van der Waals surface area (Å²) in [6, 6.07) is 14.8. The van der Waals surface area contributed by atoms with Crippen LogP contribution in [-0.2, 0) is 7.05 Å². The molecular weight excluding hydrogens is 418 g/mol. The molecule has 0 spiro atoms. The lowest BCUT2D eigenvalue weighted by Crippen LogP contribution is -2.38. The van der Waals surface area contributed by atoms with Gasteiger partial charge in [0.15, 0.2) is 0 Å². The summed E-state index contributed by atoms with van der Waals surface area (Å²) in [4.78, 5) is 32.2. The molecule has 1 fully saturated rings. The fourth-order valence-electron chi connectivity index (χ4n) is 4.18. The molecule has 0 radical (unpaired) electrons. The van der Waals surface area contributed by atoms with Gasteiger partial charge in [-0.15, -0.1) is 11.3 Å². The first-order chi connectivity index (χ1) is 14.5. The van der Waals surface area contributed by atoms with E-state index in [0.29, 0.717) is 29.6 Å². The van der Waals surface area contributed by atoms with Crippen molar-refractivity contribution in [3.8, 4) is 0 Å². The SMILES string of the molecule is Cn1c(=O)cc(C(=O)N2CCC(c3nc4cc(Cl)ccc4s3)CC2)c2ccccc21. The number of hydrogen-bond acceptors (Lipinski definition) is 4. The molecule has 3 heterocycles. The molecule has 5 nitrogen and oxygen atoms in total. The van der Waals surface area contributed by atoms with Crippen LogP contribution >= 0.6 is 22.9 Å². The number of piperidine rings is 1. The van der Waals surface area contributed by atoms with Crippen molar-refractivity contribution in [3.63, 3.8) is 0 Å². The maximum absolute atomic E-state index is 13.2. The fourth-order valence-corrected chi connectivity index (χ4v) is 5.46. The summed E-state index contributed by atoms with van der Waals surface area (Å²) in [5.41, 5.74) is 2.03. The van der Waals surface area contributed by atoms with Crippen LogP contribution in [0.4, 0.5) is 0 Å². The average Bonchev–Trinajstić information content (AvgIpc) is 3.19. The molecule has 5 rings (SSSR count). The number of fused-ring (bicyclic) bond motifs is 2. The second-order valence-corrected chi connectivity index (χ2v) is 9.20. The maximum atomic E-state index is 13.2. The molecule has 1 saturated heterocycles. The van der Waals surface area contributed by atoms with Gasteiger partial charge in [-0.25, -0.2) is 4.98 Å². The molecule has 1 aliphatic heterocycles. The Bertz CT molecular complexity index is 1340. The number of hydrogen-bond donors (Lipinski definition) is 0. The van der Waals surface area contributed by atoms with Crippen molar-refractivity contribution in [2.45, 2.75) is 18.8 Å². The first-order valence-corrected chi connectivity index (χ1v) is 11.1. The van der Waals surface area contributed by atoms with Gasteiger partial charge in [-0.3, -0.25) is 9.59 Å². The summed E-state index contributed by atoms with van der Waals surface area (Å²) in [6.07, 6.45) is 1.73. The zero-order valence-corrected chi connectivity index (χ0v) is 18.0. The van der Waals surface area contributed by atoms with Gasteiger partial charge in [0.25, 0.3) is 11.5 Å². The lowest BCUT2D eigenvalue weighted by atomic mass is 9.96. The molecule has 0 aliphatic carbocycles. The molecule has 4 aromatic rings. The van der Waals surface area contributed by atoms with Gasteiger partial charge in [-0.05, 0) is 37.1 Å². The summed E-state index contributed by atoms with van der Waals surface area (Å²) >= 11 is 7.79. The number of carbonyl (C=O) groups excluding carboxylic acids is 1. The summed E-state index contributed by atoms with van der Waals surface area (Å²) in [7, 11) is 1.73. The van der Waals surface area contributed by atoms with Crippen molar-refractivity contribution in [1.29, 1.82) is 0 Å². The molecule has 2 aromatic heterocycles. The summed E-state index contributed by atoms with van der Waals surface area (Å²) in [6.45, 7) is 1.31. The molecular formula is C23H20ClN3O2S. The molecule has 2 aromatic carbocycles. The smallest absolute Gasteiger partial charge is 0.254 e. The Morgan fingerprint density at radius 1 is 1.13 bits per heavy atom. The monoisotopic (exact) mass is 437 g/mol. The number of halogens is 1. The van der Waals surface area contributed by atoms with E-state index in [1.54, 1.807) is 23.0 Å². The number of likely N-dealkylation sites (tertiary alicyclic amines) is 1. The van der Waals surface area contributed by atoms with Gasteiger partial charge in [0.2, 0.25) is 0 Å². The zero-order chi connectivity index (χ0) is 20.8. The van der Waals surface area contributed by atoms with Crippen molar-refractivity contribution in [2.24, 2.45) is 7.05 Å². The standard InChI is InChI=1S/C23H20ClN3O2S/c1-26-19-5-3-2-4-16(19)17(13-21(26)28)23(29)27-10-8-14(9-11-27)22-25-18-12-15(24)6-7-20(18)30-22/h2-7,12-14H,8-11H2,1H3. The number of para-hydroxylation sites is 1. The van der Waals surface area contributed by atoms with Crippen molar-refractivity contribution in [3.05, 3.63) is 74.5 Å². The van der Waals surface area contributed by atoms with E-state index >= 15 is 0 Å². The number of pyridine rings is 1. The van der Waals surface area contributed by atoms with Crippen molar-refractivity contribution >= 4 is 50.0 Å². The van der Waals surface area contributed by atoms with Gasteiger partial charge < -0.3 is 9.47 Å². The number of aryl methyl sites for hydroxylation is 1. The molecule has 0 bridgehead atoms. The Morgan fingerprint density at radius 3 is 2.70 bits per heavy atom. The fraction of sp³-hybridized carbons (Fsp3) is 0.261.